The van der Waals surface area contributed by atoms with Gasteiger partial charge in [-0.1, -0.05) is 25.5 Å². The van der Waals surface area contributed by atoms with Gasteiger partial charge in [0.15, 0.2) is 0 Å². The summed E-state index contributed by atoms with van der Waals surface area (Å²) in [5.74, 6) is 0.704. The van der Waals surface area contributed by atoms with Gasteiger partial charge in [0.05, 0.1) is 6.10 Å². The molecule has 8 nitrogen and oxygen atoms in total. The standard InChI is InChI=1S/C31H55N5O3/c1-6-34-27(35-19-8-20-36(4)5)39-26(38)10-7-9-22-11-12-25-28(22,2)17-18-31(33)29(3)15-14-24(37)21-23(29)13-16-30(25,31)32/h13,22,24-25,37H,6-12,14-21,32-33H2,1-5H3,(H,34,35)/t22?,24?,25-,28?,29?,30?,31+/m1/s1. The average Bonchev–Trinajstić information content (AvgIpc) is 3.21. The topological polar surface area (TPSA) is 126 Å². The van der Waals surface area contributed by atoms with Crippen molar-refractivity contribution in [3.05, 3.63) is 11.6 Å². The van der Waals surface area contributed by atoms with Crippen LogP contribution in [0.4, 0.5) is 0 Å². The third-order valence-corrected chi connectivity index (χ3v) is 11.3. The first-order chi connectivity index (χ1) is 18.4. The molecule has 0 radical (unpaired) electrons. The summed E-state index contributed by atoms with van der Waals surface area (Å²) in [4.78, 5) is 19.2. The van der Waals surface area contributed by atoms with E-state index in [4.69, 9.17) is 16.2 Å². The van der Waals surface area contributed by atoms with E-state index >= 15 is 0 Å². The molecule has 0 aliphatic heterocycles. The Morgan fingerprint density at radius 1 is 1.18 bits per heavy atom. The van der Waals surface area contributed by atoms with E-state index in [1.54, 1.807) is 0 Å². The van der Waals surface area contributed by atoms with E-state index in [0.29, 0.717) is 37.4 Å². The summed E-state index contributed by atoms with van der Waals surface area (Å²) in [6, 6.07) is 0.347. The van der Waals surface area contributed by atoms with Crippen LogP contribution in [-0.4, -0.2) is 72.9 Å². The summed E-state index contributed by atoms with van der Waals surface area (Å²) in [5.41, 5.74) is 15.3. The molecule has 3 fully saturated rings. The molecule has 8 heteroatoms. The second-order valence-electron chi connectivity index (χ2n) is 13.7. The largest absolute Gasteiger partial charge is 0.393 e. The SMILES string of the molecule is CCNC(=NCCCN(C)C)OC(=O)CCCC1CC[C@@H]2C1(C)CC[C@]1(N)C3(C)CCC(O)CC3=CCC21N. The van der Waals surface area contributed by atoms with Crippen LogP contribution in [0.25, 0.3) is 0 Å². The maximum atomic E-state index is 12.7. The highest BCUT2D eigenvalue weighted by Gasteiger charge is 2.69. The van der Waals surface area contributed by atoms with Gasteiger partial charge in [-0.2, -0.15) is 0 Å². The van der Waals surface area contributed by atoms with E-state index in [1.165, 1.54) is 5.57 Å². The number of hydrogen-bond donors (Lipinski definition) is 4. The number of carbonyl (C=O) groups is 1. The number of nitrogens with two attached hydrogens (primary N) is 2. The first-order valence-corrected chi connectivity index (χ1v) is 15.5. The van der Waals surface area contributed by atoms with Gasteiger partial charge in [0, 0.05) is 36.0 Å². The van der Waals surface area contributed by atoms with Crippen molar-refractivity contribution in [2.75, 3.05) is 33.7 Å². The molecule has 0 aromatic carbocycles. The Balaban J connectivity index is 1.36. The predicted molar refractivity (Wildman–Crippen MR) is 157 cm³/mol. The molecule has 0 saturated heterocycles. The summed E-state index contributed by atoms with van der Waals surface area (Å²) >= 11 is 0. The van der Waals surface area contributed by atoms with Crippen molar-refractivity contribution in [3.63, 3.8) is 0 Å². The highest BCUT2D eigenvalue weighted by Crippen LogP contribution is 2.68. The van der Waals surface area contributed by atoms with Gasteiger partial charge in [0.1, 0.15) is 0 Å². The number of amidine groups is 1. The van der Waals surface area contributed by atoms with Crippen LogP contribution < -0.4 is 16.8 Å². The van der Waals surface area contributed by atoms with Gasteiger partial charge in [0.2, 0.25) is 0 Å². The molecule has 39 heavy (non-hydrogen) atoms. The first-order valence-electron chi connectivity index (χ1n) is 15.5. The van der Waals surface area contributed by atoms with E-state index in [1.807, 2.05) is 21.0 Å². The molecule has 7 atom stereocenters. The predicted octanol–water partition coefficient (Wildman–Crippen LogP) is 3.72. The van der Waals surface area contributed by atoms with Crippen LogP contribution in [0.2, 0.25) is 0 Å². The third-order valence-electron chi connectivity index (χ3n) is 11.3. The monoisotopic (exact) mass is 545 g/mol. The highest BCUT2D eigenvalue weighted by atomic mass is 16.6. The van der Waals surface area contributed by atoms with Crippen molar-refractivity contribution in [2.45, 2.75) is 115 Å². The molecule has 3 saturated carbocycles. The lowest BCUT2D eigenvalue weighted by Gasteiger charge is -2.68. The lowest BCUT2D eigenvalue weighted by molar-refractivity contribution is -0.136. The Hall–Kier alpha value is -1.48. The molecule has 4 rings (SSSR count). The van der Waals surface area contributed by atoms with Crippen LogP contribution in [0.3, 0.4) is 0 Å². The number of aliphatic hydroxyl groups excluding tert-OH is 1. The van der Waals surface area contributed by atoms with E-state index < -0.39 is 11.1 Å². The van der Waals surface area contributed by atoms with Crippen LogP contribution in [0, 0.1) is 22.7 Å². The smallest absolute Gasteiger partial charge is 0.313 e. The molecule has 5 unspecified atom stereocenters. The van der Waals surface area contributed by atoms with Crippen molar-refractivity contribution in [1.82, 2.24) is 10.2 Å². The molecule has 0 amide bonds. The van der Waals surface area contributed by atoms with Crippen molar-refractivity contribution in [1.29, 1.82) is 0 Å². The van der Waals surface area contributed by atoms with Gasteiger partial charge in [-0.25, -0.2) is 4.99 Å². The summed E-state index contributed by atoms with van der Waals surface area (Å²) in [7, 11) is 4.08. The third kappa shape index (κ3) is 5.55. The zero-order chi connectivity index (χ0) is 28.5. The molecule has 0 aromatic heterocycles. The fraction of sp³-hybridized carbons (Fsp3) is 0.871. The summed E-state index contributed by atoms with van der Waals surface area (Å²) in [6.07, 6.45) is 12.8. The molecule has 222 valence electrons. The zero-order valence-electron chi connectivity index (χ0n) is 25.2. The Labute approximate surface area is 236 Å². The fourth-order valence-corrected chi connectivity index (χ4v) is 8.94. The Morgan fingerprint density at radius 3 is 2.67 bits per heavy atom. The molecular formula is C31H55N5O3. The van der Waals surface area contributed by atoms with E-state index in [2.05, 4.69) is 35.1 Å². The number of nitrogens with one attached hydrogen (secondary N) is 1. The van der Waals surface area contributed by atoms with Crippen LogP contribution >= 0.6 is 0 Å². The number of fused-ring (bicyclic) bond motifs is 5. The quantitative estimate of drug-likeness (QED) is 0.114. The Morgan fingerprint density at radius 2 is 1.95 bits per heavy atom. The minimum atomic E-state index is -0.443. The van der Waals surface area contributed by atoms with Crippen molar-refractivity contribution in [3.8, 4) is 0 Å². The molecule has 4 aliphatic rings. The number of ether oxygens (including phenoxy) is 1. The van der Waals surface area contributed by atoms with Crippen LogP contribution in [-0.2, 0) is 9.53 Å². The zero-order valence-corrected chi connectivity index (χ0v) is 25.2. The van der Waals surface area contributed by atoms with Gasteiger partial charge >= 0.3 is 5.97 Å². The minimum Gasteiger partial charge on any atom is -0.393 e. The second-order valence-corrected chi connectivity index (χ2v) is 13.7. The number of aliphatic hydroxyl groups is 1. The first kappa shape index (κ1) is 30.5. The van der Waals surface area contributed by atoms with Gasteiger partial charge in [-0.15, -0.1) is 0 Å². The number of nitrogens with zero attached hydrogens (tertiary/aromatic N) is 2. The van der Waals surface area contributed by atoms with Crippen LogP contribution in [0.15, 0.2) is 16.6 Å². The second kappa shape index (κ2) is 11.8. The molecule has 0 bridgehead atoms. The van der Waals surface area contributed by atoms with Crippen molar-refractivity contribution >= 4 is 12.0 Å². The number of rotatable bonds is 9. The number of esters is 1. The summed E-state index contributed by atoms with van der Waals surface area (Å²) in [5, 5.41) is 13.4. The fourth-order valence-electron chi connectivity index (χ4n) is 8.94. The van der Waals surface area contributed by atoms with Crippen molar-refractivity contribution in [2.24, 2.45) is 39.1 Å². The van der Waals surface area contributed by atoms with Gasteiger partial charge in [-0.3, -0.25) is 4.79 Å². The number of aliphatic imine (C=N–C) groups is 1. The molecule has 0 heterocycles. The van der Waals surface area contributed by atoms with Crippen LogP contribution in [0.5, 0.6) is 0 Å². The Kier molecular flexibility index (Phi) is 9.21. The van der Waals surface area contributed by atoms with Crippen molar-refractivity contribution < 1.29 is 14.6 Å². The maximum absolute atomic E-state index is 12.7. The highest BCUT2D eigenvalue weighted by molar-refractivity contribution is 5.87. The molecular weight excluding hydrogens is 490 g/mol. The molecule has 0 aromatic rings. The summed E-state index contributed by atoms with van der Waals surface area (Å²) < 4.78 is 5.59. The van der Waals surface area contributed by atoms with Gasteiger partial charge in [0.25, 0.3) is 6.02 Å². The van der Waals surface area contributed by atoms with Gasteiger partial charge in [-0.05, 0) is 115 Å². The summed E-state index contributed by atoms with van der Waals surface area (Å²) in [6.45, 7) is 8.99. The normalized spacial score (nSPS) is 40.0. The van der Waals surface area contributed by atoms with Crippen LogP contribution in [0.1, 0.15) is 97.8 Å². The minimum absolute atomic E-state index is 0.138. The van der Waals surface area contributed by atoms with E-state index in [-0.39, 0.29) is 22.9 Å². The molecule has 0 spiro atoms. The number of hydrogen-bond acceptors (Lipinski definition) is 7. The van der Waals surface area contributed by atoms with Gasteiger partial charge < -0.3 is 31.5 Å². The molecule has 4 aliphatic carbocycles. The Bertz CT molecular complexity index is 953. The lowest BCUT2D eigenvalue weighted by Crippen LogP contribution is -2.80. The lowest BCUT2D eigenvalue weighted by atomic mass is 9.41. The maximum Gasteiger partial charge on any atom is 0.313 e. The molecule has 6 N–H and O–H groups in total. The van der Waals surface area contributed by atoms with E-state index in [0.717, 1.165) is 77.2 Å². The average molecular weight is 546 g/mol. The number of carbonyl (C=O) groups excluding carboxylic acids is 1. The van der Waals surface area contributed by atoms with E-state index in [9.17, 15) is 9.90 Å².